The van der Waals surface area contributed by atoms with E-state index in [0.717, 1.165) is 0 Å². The van der Waals surface area contributed by atoms with E-state index in [9.17, 15) is 26.3 Å². The lowest BCUT2D eigenvalue weighted by Crippen LogP contribution is -2.27. The molecule has 0 atom stereocenters. The molecule has 7 heteroatoms. The van der Waals surface area contributed by atoms with Gasteiger partial charge in [-0.25, -0.2) is 0 Å². The Kier molecular flexibility index (Phi) is 3.21. The molecule has 0 fully saturated rings. The summed E-state index contributed by atoms with van der Waals surface area (Å²) in [6.45, 7) is 0. The Morgan fingerprint density at radius 3 is 2.00 bits per heavy atom. The summed E-state index contributed by atoms with van der Waals surface area (Å²) in [4.78, 5) is 0. The van der Waals surface area contributed by atoms with Crippen molar-refractivity contribution in [2.75, 3.05) is 0 Å². The molecule has 11 heavy (non-hydrogen) atoms. The lowest BCUT2D eigenvalue weighted by Gasteiger charge is -2.12. The van der Waals surface area contributed by atoms with E-state index < -0.39 is 24.9 Å². The largest absolute Gasteiger partial charge is 0.460 e. The Balaban J connectivity index is 4.03. The van der Waals surface area contributed by atoms with E-state index in [1.54, 1.807) is 0 Å². The van der Waals surface area contributed by atoms with Crippen LogP contribution in [0.2, 0.25) is 0 Å². The number of hydrogen-bond donors (Lipinski definition) is 0. The van der Waals surface area contributed by atoms with Crippen LogP contribution in [0.3, 0.4) is 0 Å². The van der Waals surface area contributed by atoms with Crippen molar-refractivity contribution in [3.05, 3.63) is 12.3 Å². The summed E-state index contributed by atoms with van der Waals surface area (Å²) in [7, 11) is 0. The fraction of sp³-hybridized carbons (Fsp3) is 0.500. The van der Waals surface area contributed by atoms with E-state index in [-0.39, 0.29) is 0 Å². The first-order valence-electron chi connectivity index (χ1n) is 2.21. The molecular formula is C4H2F6O. The average Bonchev–Trinajstić information content (AvgIpc) is 1.84. The van der Waals surface area contributed by atoms with Crippen molar-refractivity contribution >= 4 is 0 Å². The predicted octanol–water partition coefficient (Wildman–Crippen LogP) is 2.60. The number of halogens is 6. The summed E-state index contributed by atoms with van der Waals surface area (Å²) in [6, 6.07) is 0. The maximum absolute atomic E-state index is 11.6. The standard InChI is InChI=1S/C4H2F6O/c5-2(6)1-11-4(9,10)3(7)8/h1,3H. The molecule has 0 N–H and O–H groups in total. The molecule has 0 aliphatic rings. The van der Waals surface area contributed by atoms with Gasteiger partial charge in [0, 0.05) is 0 Å². The Labute approximate surface area is 57.3 Å². The SMILES string of the molecule is FC(F)=COC(F)(F)C(F)F. The highest BCUT2D eigenvalue weighted by Crippen LogP contribution is 2.24. The monoisotopic (exact) mass is 180 g/mol. The van der Waals surface area contributed by atoms with Crippen LogP contribution in [0.5, 0.6) is 0 Å². The minimum absolute atomic E-state index is 0.730. The van der Waals surface area contributed by atoms with Gasteiger partial charge in [0.15, 0.2) is 6.26 Å². The van der Waals surface area contributed by atoms with Crippen LogP contribution in [0.15, 0.2) is 12.3 Å². The molecule has 0 aromatic rings. The van der Waals surface area contributed by atoms with E-state index in [4.69, 9.17) is 0 Å². The summed E-state index contributed by atoms with van der Waals surface area (Å²) in [5.41, 5.74) is 0. The zero-order chi connectivity index (χ0) is 9.07. The summed E-state index contributed by atoms with van der Waals surface area (Å²) in [6.07, 6.45) is -12.3. The van der Waals surface area contributed by atoms with Crippen LogP contribution in [-0.2, 0) is 4.74 Å². The molecule has 0 heterocycles. The van der Waals surface area contributed by atoms with Gasteiger partial charge < -0.3 is 4.74 Å². The zero-order valence-electron chi connectivity index (χ0n) is 4.83. The predicted molar refractivity (Wildman–Crippen MR) is 22.3 cm³/mol. The first-order valence-corrected chi connectivity index (χ1v) is 2.21. The maximum Gasteiger partial charge on any atom is 0.460 e. The van der Waals surface area contributed by atoms with Crippen molar-refractivity contribution in [3.8, 4) is 0 Å². The van der Waals surface area contributed by atoms with Gasteiger partial charge in [0.05, 0.1) is 0 Å². The number of alkyl halides is 4. The van der Waals surface area contributed by atoms with Crippen molar-refractivity contribution in [2.24, 2.45) is 0 Å². The molecule has 0 unspecified atom stereocenters. The van der Waals surface area contributed by atoms with Crippen LogP contribution in [0.4, 0.5) is 26.3 Å². The molecule has 0 aromatic carbocycles. The number of hydrogen-bond acceptors (Lipinski definition) is 1. The quantitative estimate of drug-likeness (QED) is 0.479. The summed E-state index contributed by atoms with van der Waals surface area (Å²) >= 11 is 0. The number of ether oxygens (including phenoxy) is 1. The molecule has 1 nitrogen and oxygen atoms in total. The third-order valence-corrected chi connectivity index (χ3v) is 0.559. The molecule has 0 spiro atoms. The second-order valence-corrected chi connectivity index (χ2v) is 1.39. The first-order chi connectivity index (χ1) is 4.86. The average molecular weight is 180 g/mol. The Morgan fingerprint density at radius 2 is 1.73 bits per heavy atom. The van der Waals surface area contributed by atoms with Gasteiger partial charge in [0.25, 0.3) is 0 Å². The molecule has 66 valence electrons. The molecule has 0 aliphatic heterocycles. The Morgan fingerprint density at radius 1 is 1.27 bits per heavy atom. The summed E-state index contributed by atoms with van der Waals surface area (Å²) in [5, 5.41) is 0. The van der Waals surface area contributed by atoms with Crippen molar-refractivity contribution in [3.63, 3.8) is 0 Å². The van der Waals surface area contributed by atoms with Gasteiger partial charge in [0.1, 0.15) is 0 Å². The molecule has 0 rings (SSSR count). The molecule has 0 bridgehead atoms. The highest BCUT2D eigenvalue weighted by atomic mass is 19.3. The van der Waals surface area contributed by atoms with E-state index >= 15 is 0 Å². The highest BCUT2D eigenvalue weighted by Gasteiger charge is 2.43. The Hall–Kier alpha value is -0.880. The van der Waals surface area contributed by atoms with E-state index in [0.29, 0.717) is 0 Å². The summed E-state index contributed by atoms with van der Waals surface area (Å²) in [5.74, 6) is 0. The molecule has 0 radical (unpaired) electrons. The van der Waals surface area contributed by atoms with Crippen molar-refractivity contribution in [2.45, 2.75) is 12.5 Å². The van der Waals surface area contributed by atoms with E-state index in [1.165, 1.54) is 0 Å². The molecule has 0 amide bonds. The van der Waals surface area contributed by atoms with E-state index in [2.05, 4.69) is 4.74 Å². The van der Waals surface area contributed by atoms with Crippen molar-refractivity contribution in [1.82, 2.24) is 0 Å². The van der Waals surface area contributed by atoms with Crippen LogP contribution >= 0.6 is 0 Å². The molecule has 0 saturated carbocycles. The highest BCUT2D eigenvalue weighted by molar-refractivity contribution is 4.72. The minimum Gasteiger partial charge on any atom is -0.431 e. The topological polar surface area (TPSA) is 9.23 Å². The van der Waals surface area contributed by atoms with Gasteiger partial charge in [-0.3, -0.25) is 0 Å². The van der Waals surface area contributed by atoms with Gasteiger partial charge in [-0.1, -0.05) is 0 Å². The maximum atomic E-state index is 11.6. The molecule has 0 aliphatic carbocycles. The molecule has 0 saturated heterocycles. The lowest BCUT2D eigenvalue weighted by atomic mass is 10.6. The second kappa shape index (κ2) is 3.49. The smallest absolute Gasteiger partial charge is 0.431 e. The van der Waals surface area contributed by atoms with Gasteiger partial charge in [-0.2, -0.15) is 26.3 Å². The third kappa shape index (κ3) is 3.74. The summed E-state index contributed by atoms with van der Waals surface area (Å²) < 4.78 is 70.1. The van der Waals surface area contributed by atoms with Gasteiger partial charge in [0.2, 0.25) is 0 Å². The van der Waals surface area contributed by atoms with Crippen LogP contribution in [0.1, 0.15) is 0 Å². The van der Waals surface area contributed by atoms with Crippen LogP contribution in [-0.4, -0.2) is 12.5 Å². The van der Waals surface area contributed by atoms with Gasteiger partial charge in [-0.15, -0.1) is 0 Å². The number of rotatable bonds is 3. The second-order valence-electron chi connectivity index (χ2n) is 1.39. The van der Waals surface area contributed by atoms with Crippen LogP contribution in [0.25, 0.3) is 0 Å². The zero-order valence-corrected chi connectivity index (χ0v) is 4.83. The van der Waals surface area contributed by atoms with Crippen molar-refractivity contribution < 1.29 is 31.1 Å². The van der Waals surface area contributed by atoms with Gasteiger partial charge >= 0.3 is 18.6 Å². The normalized spacial score (nSPS) is 11.5. The van der Waals surface area contributed by atoms with Crippen LogP contribution < -0.4 is 0 Å². The molecule has 0 aromatic heterocycles. The molecular weight excluding hydrogens is 178 g/mol. The van der Waals surface area contributed by atoms with Crippen LogP contribution in [0, 0.1) is 0 Å². The Bertz CT molecular complexity index is 149. The van der Waals surface area contributed by atoms with E-state index in [1.807, 2.05) is 0 Å². The minimum atomic E-state index is -4.86. The van der Waals surface area contributed by atoms with Crippen molar-refractivity contribution in [1.29, 1.82) is 0 Å². The lowest BCUT2D eigenvalue weighted by molar-refractivity contribution is -0.276. The third-order valence-electron chi connectivity index (χ3n) is 0.559. The fourth-order valence-corrected chi connectivity index (χ4v) is 0.175. The van der Waals surface area contributed by atoms with Gasteiger partial charge in [-0.05, 0) is 0 Å². The fourth-order valence-electron chi connectivity index (χ4n) is 0.175. The first kappa shape index (κ1) is 10.1.